The molecule has 0 radical (unpaired) electrons. The van der Waals surface area contributed by atoms with E-state index in [0.29, 0.717) is 32.5 Å². The molecular formula is C15H11Cl3N2O. The van der Waals surface area contributed by atoms with Crippen LogP contribution in [0.25, 0.3) is 16.6 Å². The van der Waals surface area contributed by atoms with Crippen molar-refractivity contribution >= 4 is 46.5 Å². The van der Waals surface area contributed by atoms with Crippen molar-refractivity contribution in [2.75, 3.05) is 0 Å². The first-order chi connectivity index (χ1) is 9.59. The van der Waals surface area contributed by atoms with E-state index in [4.69, 9.17) is 23.2 Å². The van der Waals surface area contributed by atoms with Gasteiger partial charge in [-0.15, -0.1) is 12.4 Å². The van der Waals surface area contributed by atoms with Gasteiger partial charge in [0, 0.05) is 0 Å². The average Bonchev–Trinajstić information content (AvgIpc) is 2.43. The molecule has 0 fully saturated rings. The maximum absolute atomic E-state index is 12.6. The van der Waals surface area contributed by atoms with Crippen molar-refractivity contribution in [1.29, 1.82) is 0 Å². The molecule has 1 aromatic heterocycles. The van der Waals surface area contributed by atoms with Gasteiger partial charge in [-0.25, -0.2) is 4.98 Å². The molecule has 0 bridgehead atoms. The highest BCUT2D eigenvalue weighted by molar-refractivity contribution is 6.43. The van der Waals surface area contributed by atoms with Crippen molar-refractivity contribution in [2.24, 2.45) is 0 Å². The number of halogens is 3. The number of fused-ring (bicyclic) bond motifs is 1. The van der Waals surface area contributed by atoms with Gasteiger partial charge in [-0.05, 0) is 31.2 Å². The number of hydrogen-bond acceptors (Lipinski definition) is 2. The summed E-state index contributed by atoms with van der Waals surface area (Å²) in [6.45, 7) is 1.77. The molecule has 21 heavy (non-hydrogen) atoms. The van der Waals surface area contributed by atoms with Crippen LogP contribution >= 0.6 is 35.6 Å². The van der Waals surface area contributed by atoms with Crippen molar-refractivity contribution < 1.29 is 0 Å². The third-order valence-corrected chi connectivity index (χ3v) is 3.92. The first-order valence-electron chi connectivity index (χ1n) is 6.02. The highest BCUT2D eigenvalue weighted by Crippen LogP contribution is 2.28. The molecule has 0 saturated carbocycles. The molecule has 0 unspecified atom stereocenters. The number of nitrogens with zero attached hydrogens (tertiary/aromatic N) is 2. The lowest BCUT2D eigenvalue weighted by Gasteiger charge is -2.12. The van der Waals surface area contributed by atoms with Crippen LogP contribution in [-0.2, 0) is 0 Å². The minimum absolute atomic E-state index is 0. The normalized spacial score (nSPS) is 10.4. The van der Waals surface area contributed by atoms with E-state index in [-0.39, 0.29) is 18.0 Å². The predicted octanol–water partition coefficient (Wildman–Crippen LogP) is 4.42. The molecule has 3 nitrogen and oxygen atoms in total. The van der Waals surface area contributed by atoms with Crippen LogP contribution in [0.15, 0.2) is 47.3 Å². The fourth-order valence-corrected chi connectivity index (χ4v) is 2.57. The van der Waals surface area contributed by atoms with E-state index in [2.05, 4.69) is 4.98 Å². The van der Waals surface area contributed by atoms with Crippen LogP contribution in [0.4, 0.5) is 0 Å². The Morgan fingerprint density at radius 2 is 1.76 bits per heavy atom. The second-order valence-electron chi connectivity index (χ2n) is 4.39. The van der Waals surface area contributed by atoms with Gasteiger partial charge < -0.3 is 0 Å². The summed E-state index contributed by atoms with van der Waals surface area (Å²) < 4.78 is 1.48. The fraction of sp³-hybridized carbons (Fsp3) is 0.0667. The molecule has 0 atom stereocenters. The smallest absolute Gasteiger partial charge is 0.266 e. The molecule has 0 amide bonds. The summed E-state index contributed by atoms with van der Waals surface area (Å²) in [7, 11) is 0. The maximum atomic E-state index is 12.6. The Hall–Kier alpha value is -1.55. The highest BCUT2D eigenvalue weighted by atomic mass is 35.5. The summed E-state index contributed by atoms with van der Waals surface area (Å²) in [5.74, 6) is 0.567. The molecule has 3 rings (SSSR count). The Bertz CT molecular complexity index is 874. The molecular weight excluding hydrogens is 331 g/mol. The first kappa shape index (κ1) is 15.8. The first-order valence-corrected chi connectivity index (χ1v) is 6.78. The Morgan fingerprint density at radius 3 is 2.52 bits per heavy atom. The number of benzene rings is 2. The third-order valence-electron chi connectivity index (χ3n) is 3.12. The zero-order valence-corrected chi connectivity index (χ0v) is 13.3. The summed E-state index contributed by atoms with van der Waals surface area (Å²) in [6, 6.07) is 12.4. The van der Waals surface area contributed by atoms with Crippen molar-refractivity contribution in [3.05, 3.63) is 68.7 Å². The molecule has 108 valence electrons. The van der Waals surface area contributed by atoms with Crippen LogP contribution in [0.1, 0.15) is 5.82 Å². The minimum Gasteiger partial charge on any atom is -0.268 e. The predicted molar refractivity (Wildman–Crippen MR) is 89.3 cm³/mol. The minimum atomic E-state index is -0.155. The van der Waals surface area contributed by atoms with Crippen molar-refractivity contribution in [3.63, 3.8) is 0 Å². The van der Waals surface area contributed by atoms with Crippen LogP contribution in [0.5, 0.6) is 0 Å². The van der Waals surface area contributed by atoms with Crippen molar-refractivity contribution in [3.8, 4) is 5.69 Å². The summed E-state index contributed by atoms with van der Waals surface area (Å²) in [5.41, 5.74) is 1.06. The van der Waals surface area contributed by atoms with Crippen LogP contribution in [-0.4, -0.2) is 9.55 Å². The van der Waals surface area contributed by atoms with Gasteiger partial charge in [0.25, 0.3) is 5.56 Å². The summed E-state index contributed by atoms with van der Waals surface area (Å²) in [5, 5.41) is 1.30. The largest absolute Gasteiger partial charge is 0.268 e. The second kappa shape index (κ2) is 6.06. The molecule has 1 heterocycles. The molecule has 0 aliphatic heterocycles. The Kier molecular flexibility index (Phi) is 4.57. The van der Waals surface area contributed by atoms with Gasteiger partial charge >= 0.3 is 0 Å². The third kappa shape index (κ3) is 2.64. The van der Waals surface area contributed by atoms with Crippen LogP contribution in [0.3, 0.4) is 0 Å². The number of hydrogen-bond donors (Lipinski definition) is 0. The monoisotopic (exact) mass is 340 g/mol. The quantitative estimate of drug-likeness (QED) is 0.656. The standard InChI is InChI=1S/C15H10Cl2N2O.ClH/c1-9-18-12-7-3-2-5-10(12)15(20)19(9)13-8-4-6-11(16)14(13)17;/h2-8H,1H3;1H. The fourth-order valence-electron chi connectivity index (χ4n) is 2.19. The number of rotatable bonds is 1. The Morgan fingerprint density at radius 1 is 1.05 bits per heavy atom. The lowest BCUT2D eigenvalue weighted by molar-refractivity contribution is 0.895. The zero-order chi connectivity index (χ0) is 14.3. The second-order valence-corrected chi connectivity index (χ2v) is 5.17. The van der Waals surface area contributed by atoms with Gasteiger partial charge in [0.1, 0.15) is 5.82 Å². The number of para-hydroxylation sites is 1. The summed E-state index contributed by atoms with van der Waals surface area (Å²) in [4.78, 5) is 17.1. The van der Waals surface area contributed by atoms with E-state index < -0.39 is 0 Å². The van der Waals surface area contributed by atoms with Gasteiger partial charge in [0.05, 0.1) is 26.6 Å². The van der Waals surface area contributed by atoms with E-state index in [1.807, 2.05) is 18.2 Å². The highest BCUT2D eigenvalue weighted by Gasteiger charge is 2.13. The van der Waals surface area contributed by atoms with Gasteiger partial charge in [-0.3, -0.25) is 9.36 Å². The number of aryl methyl sites for hydroxylation is 1. The SMILES string of the molecule is Cc1nc2ccccc2c(=O)n1-c1cccc(Cl)c1Cl.Cl. The van der Waals surface area contributed by atoms with Crippen molar-refractivity contribution in [2.45, 2.75) is 6.92 Å². The maximum Gasteiger partial charge on any atom is 0.266 e. The molecule has 2 aromatic carbocycles. The van der Waals surface area contributed by atoms with E-state index >= 15 is 0 Å². The Labute approximate surface area is 137 Å². The van der Waals surface area contributed by atoms with E-state index in [9.17, 15) is 4.79 Å². The van der Waals surface area contributed by atoms with Crippen LogP contribution < -0.4 is 5.56 Å². The van der Waals surface area contributed by atoms with Gasteiger partial charge in [-0.1, -0.05) is 41.4 Å². The van der Waals surface area contributed by atoms with Crippen LogP contribution in [0.2, 0.25) is 10.0 Å². The zero-order valence-electron chi connectivity index (χ0n) is 11.0. The van der Waals surface area contributed by atoms with Gasteiger partial charge in [0.15, 0.2) is 0 Å². The van der Waals surface area contributed by atoms with Gasteiger partial charge in [0.2, 0.25) is 0 Å². The molecule has 0 spiro atoms. The van der Waals surface area contributed by atoms with E-state index in [1.54, 1.807) is 31.2 Å². The molecule has 6 heteroatoms. The van der Waals surface area contributed by atoms with Gasteiger partial charge in [-0.2, -0.15) is 0 Å². The molecule has 3 aromatic rings. The van der Waals surface area contributed by atoms with Crippen molar-refractivity contribution in [1.82, 2.24) is 9.55 Å². The lowest BCUT2D eigenvalue weighted by Crippen LogP contribution is -2.22. The van der Waals surface area contributed by atoms with E-state index in [0.717, 1.165) is 0 Å². The molecule has 0 saturated heterocycles. The van der Waals surface area contributed by atoms with Crippen LogP contribution in [0, 0.1) is 6.92 Å². The number of aromatic nitrogens is 2. The Balaban J connectivity index is 0.00000161. The summed E-state index contributed by atoms with van der Waals surface area (Å²) in [6.07, 6.45) is 0. The lowest BCUT2D eigenvalue weighted by atomic mass is 10.2. The average molecular weight is 342 g/mol. The summed E-state index contributed by atoms with van der Waals surface area (Å²) >= 11 is 12.2. The van der Waals surface area contributed by atoms with E-state index in [1.165, 1.54) is 4.57 Å². The molecule has 0 N–H and O–H groups in total. The molecule has 0 aliphatic rings. The molecule has 0 aliphatic carbocycles. The topological polar surface area (TPSA) is 34.9 Å².